The van der Waals surface area contributed by atoms with Crippen LogP contribution in [0.3, 0.4) is 0 Å². The summed E-state index contributed by atoms with van der Waals surface area (Å²) in [5.74, 6) is 0.779. The van der Waals surface area contributed by atoms with Crippen molar-refractivity contribution in [1.29, 1.82) is 5.26 Å². The number of nitrogens with zero attached hydrogens (tertiary/aromatic N) is 1. The lowest BCUT2D eigenvalue weighted by Crippen LogP contribution is -2.24. The summed E-state index contributed by atoms with van der Waals surface area (Å²) >= 11 is 12.0. The second-order valence-electron chi connectivity index (χ2n) is 5.29. The largest absolute Gasteiger partial charge is 0.454 e. The van der Waals surface area contributed by atoms with Gasteiger partial charge in [-0.2, -0.15) is 5.26 Å². The van der Waals surface area contributed by atoms with Crippen LogP contribution in [0.5, 0.6) is 11.5 Å². The first kappa shape index (κ1) is 17.9. The van der Waals surface area contributed by atoms with Crippen molar-refractivity contribution < 1.29 is 14.3 Å². The average molecular weight is 390 g/mol. The number of nitriles is 1. The minimum atomic E-state index is -0.518. The summed E-state index contributed by atoms with van der Waals surface area (Å²) < 4.78 is 10.5. The highest BCUT2D eigenvalue weighted by Gasteiger charge is 2.14. The van der Waals surface area contributed by atoms with E-state index in [0.717, 1.165) is 5.56 Å². The van der Waals surface area contributed by atoms with Gasteiger partial charge in [0.15, 0.2) is 11.5 Å². The van der Waals surface area contributed by atoms with Gasteiger partial charge in [0.05, 0.1) is 15.7 Å². The zero-order chi connectivity index (χ0) is 18.5. The summed E-state index contributed by atoms with van der Waals surface area (Å²) in [6.07, 6.45) is 1.28. The quantitative estimate of drug-likeness (QED) is 0.599. The Hall–Kier alpha value is -2.88. The number of anilines is 1. The summed E-state index contributed by atoms with van der Waals surface area (Å²) in [5, 5.41) is 15.4. The maximum Gasteiger partial charge on any atom is 0.263 e. The number of carbonyl (C=O) groups is 1. The SMILES string of the molecule is N#C/C(=C/Nc1cccc(Cl)c1Cl)C(=O)NCc1ccc2c(c1)OCO2. The second-order valence-corrected chi connectivity index (χ2v) is 6.07. The molecule has 2 aromatic carbocycles. The molecular weight excluding hydrogens is 377 g/mol. The molecule has 2 N–H and O–H groups in total. The smallest absolute Gasteiger partial charge is 0.263 e. The molecule has 0 unspecified atom stereocenters. The third-order valence-electron chi connectivity index (χ3n) is 3.58. The molecule has 0 aliphatic carbocycles. The van der Waals surface area contributed by atoms with Crippen molar-refractivity contribution in [2.75, 3.05) is 12.1 Å². The van der Waals surface area contributed by atoms with Crippen LogP contribution in [0.25, 0.3) is 0 Å². The van der Waals surface area contributed by atoms with E-state index in [1.54, 1.807) is 30.3 Å². The van der Waals surface area contributed by atoms with Gasteiger partial charge in [-0.05, 0) is 29.8 Å². The van der Waals surface area contributed by atoms with Crippen LogP contribution in [0.2, 0.25) is 10.0 Å². The van der Waals surface area contributed by atoms with E-state index in [4.69, 9.17) is 32.7 Å². The van der Waals surface area contributed by atoms with E-state index in [9.17, 15) is 10.1 Å². The van der Waals surface area contributed by atoms with Crippen molar-refractivity contribution in [3.63, 3.8) is 0 Å². The Bertz CT molecular complexity index is 922. The van der Waals surface area contributed by atoms with Crippen LogP contribution in [-0.4, -0.2) is 12.7 Å². The molecule has 1 aliphatic heterocycles. The molecule has 3 rings (SSSR count). The van der Waals surface area contributed by atoms with Crippen molar-refractivity contribution in [2.24, 2.45) is 0 Å². The predicted octanol–water partition coefficient (Wildman–Crippen LogP) is 3.86. The van der Waals surface area contributed by atoms with E-state index in [1.807, 2.05) is 12.1 Å². The summed E-state index contributed by atoms with van der Waals surface area (Å²) in [5.41, 5.74) is 1.23. The fourth-order valence-electron chi connectivity index (χ4n) is 2.24. The minimum Gasteiger partial charge on any atom is -0.454 e. The van der Waals surface area contributed by atoms with Crippen LogP contribution in [0.4, 0.5) is 5.69 Å². The second kappa shape index (κ2) is 8.00. The molecule has 0 spiro atoms. The summed E-state index contributed by atoms with van der Waals surface area (Å²) in [4.78, 5) is 12.2. The summed E-state index contributed by atoms with van der Waals surface area (Å²) in [6.45, 7) is 0.427. The monoisotopic (exact) mass is 389 g/mol. The lowest BCUT2D eigenvalue weighted by molar-refractivity contribution is -0.117. The molecule has 0 bridgehead atoms. The maximum atomic E-state index is 12.2. The Morgan fingerprint density at radius 2 is 2.04 bits per heavy atom. The average Bonchev–Trinajstić information content (AvgIpc) is 3.11. The maximum absolute atomic E-state index is 12.2. The van der Waals surface area contributed by atoms with E-state index >= 15 is 0 Å². The Morgan fingerprint density at radius 3 is 2.85 bits per heavy atom. The van der Waals surface area contributed by atoms with Crippen LogP contribution in [-0.2, 0) is 11.3 Å². The van der Waals surface area contributed by atoms with Crippen molar-refractivity contribution in [3.05, 3.63) is 63.8 Å². The number of rotatable bonds is 5. The van der Waals surface area contributed by atoms with Gasteiger partial charge in [-0.1, -0.05) is 35.3 Å². The third-order valence-corrected chi connectivity index (χ3v) is 4.40. The molecule has 1 heterocycles. The van der Waals surface area contributed by atoms with Gasteiger partial charge in [-0.15, -0.1) is 0 Å². The van der Waals surface area contributed by atoms with Crippen LogP contribution >= 0.6 is 23.2 Å². The predicted molar refractivity (Wildman–Crippen MR) is 98.2 cm³/mol. The Morgan fingerprint density at radius 1 is 1.23 bits per heavy atom. The number of fused-ring (bicyclic) bond motifs is 1. The number of ether oxygens (including phenoxy) is 2. The standard InChI is InChI=1S/C18H13Cl2N3O3/c19-13-2-1-3-14(17(13)20)22-9-12(7-21)18(24)23-8-11-4-5-15-16(6-11)26-10-25-15/h1-6,9,22H,8,10H2,(H,23,24)/b12-9-. The number of benzene rings is 2. The molecule has 1 aliphatic rings. The molecular formula is C18H13Cl2N3O3. The van der Waals surface area contributed by atoms with Crippen molar-refractivity contribution in [1.82, 2.24) is 5.32 Å². The van der Waals surface area contributed by atoms with E-state index < -0.39 is 5.91 Å². The first-order chi connectivity index (χ1) is 12.6. The Labute approximate surface area is 159 Å². The molecule has 26 heavy (non-hydrogen) atoms. The Kier molecular flexibility index (Phi) is 5.52. The molecule has 0 fully saturated rings. The fraction of sp³-hybridized carbons (Fsp3) is 0.111. The van der Waals surface area contributed by atoms with Gasteiger partial charge in [0.2, 0.25) is 6.79 Å². The van der Waals surface area contributed by atoms with Gasteiger partial charge in [-0.25, -0.2) is 0 Å². The number of hydrogen-bond acceptors (Lipinski definition) is 5. The van der Waals surface area contributed by atoms with Crippen LogP contribution in [0.1, 0.15) is 5.56 Å². The molecule has 0 saturated carbocycles. The molecule has 0 saturated heterocycles. The van der Waals surface area contributed by atoms with Crippen LogP contribution < -0.4 is 20.1 Å². The number of carbonyl (C=O) groups excluding carboxylic acids is 1. The topological polar surface area (TPSA) is 83.4 Å². The first-order valence-electron chi connectivity index (χ1n) is 7.56. The van der Waals surface area contributed by atoms with Crippen LogP contribution in [0.15, 0.2) is 48.2 Å². The highest BCUT2D eigenvalue weighted by Crippen LogP contribution is 2.32. The third kappa shape index (κ3) is 4.02. The van der Waals surface area contributed by atoms with E-state index in [-0.39, 0.29) is 18.9 Å². The van der Waals surface area contributed by atoms with Gasteiger partial charge in [0.25, 0.3) is 5.91 Å². The minimum absolute atomic E-state index is 0.0956. The van der Waals surface area contributed by atoms with Gasteiger partial charge in [-0.3, -0.25) is 4.79 Å². The molecule has 8 heteroatoms. The highest BCUT2D eigenvalue weighted by molar-refractivity contribution is 6.43. The normalized spacial score (nSPS) is 12.4. The van der Waals surface area contributed by atoms with E-state index in [2.05, 4.69) is 10.6 Å². The Balaban J connectivity index is 1.63. The van der Waals surface area contributed by atoms with Gasteiger partial charge in [0.1, 0.15) is 11.6 Å². The number of hydrogen-bond donors (Lipinski definition) is 2. The lowest BCUT2D eigenvalue weighted by Gasteiger charge is -2.07. The van der Waals surface area contributed by atoms with Crippen molar-refractivity contribution in [2.45, 2.75) is 6.54 Å². The zero-order valence-electron chi connectivity index (χ0n) is 13.4. The summed E-state index contributed by atoms with van der Waals surface area (Å²) in [7, 11) is 0. The van der Waals surface area contributed by atoms with Gasteiger partial charge < -0.3 is 20.1 Å². The van der Waals surface area contributed by atoms with Gasteiger partial charge in [0, 0.05) is 12.7 Å². The zero-order valence-corrected chi connectivity index (χ0v) is 14.9. The van der Waals surface area contributed by atoms with Crippen LogP contribution in [0, 0.1) is 11.3 Å². The molecule has 6 nitrogen and oxygen atoms in total. The molecule has 132 valence electrons. The number of nitrogens with one attached hydrogen (secondary N) is 2. The summed E-state index contributed by atoms with van der Waals surface area (Å²) in [6, 6.07) is 12.2. The van der Waals surface area contributed by atoms with E-state index in [0.29, 0.717) is 27.2 Å². The molecule has 1 amide bonds. The van der Waals surface area contributed by atoms with Crippen molar-refractivity contribution in [3.8, 4) is 17.6 Å². The highest BCUT2D eigenvalue weighted by atomic mass is 35.5. The number of halogens is 2. The molecule has 0 radical (unpaired) electrons. The van der Waals surface area contributed by atoms with Gasteiger partial charge >= 0.3 is 0 Å². The first-order valence-corrected chi connectivity index (χ1v) is 8.31. The van der Waals surface area contributed by atoms with E-state index in [1.165, 1.54) is 6.20 Å². The lowest BCUT2D eigenvalue weighted by atomic mass is 10.2. The molecule has 0 aromatic heterocycles. The number of amides is 1. The van der Waals surface area contributed by atoms with Crippen molar-refractivity contribution >= 4 is 34.8 Å². The molecule has 0 atom stereocenters. The fourth-order valence-corrected chi connectivity index (χ4v) is 2.60. The molecule has 2 aromatic rings.